The molecule has 2 nitrogen and oxygen atoms in total. The van der Waals surface area contributed by atoms with Crippen molar-refractivity contribution in [1.29, 1.82) is 0 Å². The molecule has 2 aliphatic carbocycles. The molecule has 3 heteroatoms. The fourth-order valence-corrected chi connectivity index (χ4v) is 14.0. The molecule has 2 spiro atoms. The second-order valence-corrected chi connectivity index (χ2v) is 20.1. The Labute approximate surface area is 418 Å². The lowest BCUT2D eigenvalue weighted by Gasteiger charge is -2.40. The van der Waals surface area contributed by atoms with E-state index in [0.29, 0.717) is 0 Å². The van der Waals surface area contributed by atoms with Gasteiger partial charge in [0.15, 0.2) is 0 Å². The minimum Gasteiger partial charge on any atom is -0.457 e. The van der Waals surface area contributed by atoms with E-state index in [4.69, 9.17) is 4.74 Å². The van der Waals surface area contributed by atoms with Crippen LogP contribution in [0.25, 0.3) is 44.5 Å². The number of fused-ring (bicyclic) bond motifs is 18. The molecule has 0 fully saturated rings. The van der Waals surface area contributed by atoms with E-state index in [1.165, 1.54) is 76.6 Å². The Bertz CT molecular complexity index is 3870. The third kappa shape index (κ3) is 5.55. The molecule has 0 bridgehead atoms. The smallest absolute Gasteiger partial charge is 0.132 e. The molecule has 71 heavy (non-hydrogen) atoms. The highest BCUT2D eigenvalue weighted by atomic mass is 32.2. The molecule has 2 heterocycles. The van der Waals surface area contributed by atoms with Crippen LogP contribution in [-0.2, 0) is 10.8 Å². The summed E-state index contributed by atoms with van der Waals surface area (Å²) < 4.78 is 6.77. The minimum absolute atomic E-state index is 0.538. The van der Waals surface area contributed by atoms with Gasteiger partial charge in [-0.1, -0.05) is 224 Å². The Balaban J connectivity index is 1.03. The van der Waals surface area contributed by atoms with E-state index in [-0.39, 0.29) is 0 Å². The van der Waals surface area contributed by atoms with E-state index in [9.17, 15) is 0 Å². The van der Waals surface area contributed by atoms with Crippen molar-refractivity contribution in [1.82, 2.24) is 0 Å². The molecule has 2 aliphatic heterocycles. The number of anilines is 3. The van der Waals surface area contributed by atoms with Gasteiger partial charge in [0.05, 0.1) is 22.2 Å². The third-order valence-corrected chi connectivity index (χ3v) is 16.8. The normalized spacial score (nSPS) is 14.2. The van der Waals surface area contributed by atoms with Gasteiger partial charge < -0.3 is 9.64 Å². The summed E-state index contributed by atoms with van der Waals surface area (Å²) in [6, 6.07) is 96.7. The van der Waals surface area contributed by atoms with Crippen LogP contribution < -0.4 is 9.64 Å². The number of para-hydroxylation sites is 3. The predicted octanol–water partition coefficient (Wildman–Crippen LogP) is 17.8. The van der Waals surface area contributed by atoms with Gasteiger partial charge >= 0.3 is 0 Å². The maximum Gasteiger partial charge on any atom is 0.132 e. The SMILES string of the molecule is c1ccc(-c2ccc(-c3ccccc3N(c3ccc4c(c3)C3(c5ccccc5Sc5ccccc53)c3ccccc3-4)c3cccc4c3-c3ccccc3C43c4ccccc4Oc4ccccc43)cc2)cc1. The zero-order valence-corrected chi connectivity index (χ0v) is 39.4. The van der Waals surface area contributed by atoms with Crippen LogP contribution in [-0.4, -0.2) is 0 Å². The standard InChI is InChI=1S/C68H43NOS/c1-2-19-44(20-3-1)45-37-39-46(40-38-45)48-21-6-13-31-60(48)69(47-41-42-50-49-22-4-7-24-52(49)68(59(50)43-47)56-28-11-16-35-64(56)71-65-36-17-12-29-57(65)68)61-32-18-30-58-66(61)51-23-5-8-25-53(51)67(58)54-26-9-14-33-62(54)70-63-34-15-10-27-55(63)67/h1-43H. The predicted molar refractivity (Wildman–Crippen MR) is 291 cm³/mol. The van der Waals surface area contributed by atoms with Crippen molar-refractivity contribution in [2.75, 3.05) is 4.90 Å². The molecule has 4 aliphatic rings. The van der Waals surface area contributed by atoms with Crippen molar-refractivity contribution in [2.45, 2.75) is 20.6 Å². The monoisotopic (exact) mass is 921 g/mol. The lowest BCUT2D eigenvalue weighted by atomic mass is 9.66. The highest BCUT2D eigenvalue weighted by molar-refractivity contribution is 7.99. The van der Waals surface area contributed by atoms with Crippen LogP contribution in [0.1, 0.15) is 44.5 Å². The summed E-state index contributed by atoms with van der Waals surface area (Å²) in [7, 11) is 0. The highest BCUT2D eigenvalue weighted by Gasteiger charge is 2.53. The van der Waals surface area contributed by atoms with Crippen LogP contribution >= 0.6 is 11.8 Å². The Morgan fingerprint density at radius 2 is 0.761 bits per heavy atom. The Kier molecular flexibility index (Phi) is 8.76. The van der Waals surface area contributed by atoms with Gasteiger partial charge in [0.2, 0.25) is 0 Å². The van der Waals surface area contributed by atoms with Crippen molar-refractivity contribution >= 4 is 28.8 Å². The third-order valence-electron chi connectivity index (χ3n) is 15.6. The van der Waals surface area contributed by atoms with E-state index in [0.717, 1.165) is 50.8 Å². The van der Waals surface area contributed by atoms with E-state index >= 15 is 0 Å². The minimum atomic E-state index is -0.622. The highest BCUT2D eigenvalue weighted by Crippen LogP contribution is 2.66. The summed E-state index contributed by atoms with van der Waals surface area (Å²) in [6.07, 6.45) is 0. The molecular formula is C68H43NOS. The first kappa shape index (κ1) is 40.3. The number of hydrogen-bond donors (Lipinski definition) is 0. The first-order valence-electron chi connectivity index (χ1n) is 24.5. The lowest BCUT2D eigenvalue weighted by molar-refractivity contribution is 0.436. The van der Waals surface area contributed by atoms with Crippen molar-refractivity contribution in [3.8, 4) is 56.0 Å². The molecule has 0 radical (unpaired) electrons. The van der Waals surface area contributed by atoms with Gasteiger partial charge in [-0.2, -0.15) is 0 Å². The Hall–Kier alpha value is -8.63. The molecule has 15 rings (SSSR count). The van der Waals surface area contributed by atoms with Gasteiger partial charge in [-0.15, -0.1) is 0 Å². The Morgan fingerprint density at radius 1 is 0.296 bits per heavy atom. The van der Waals surface area contributed by atoms with Crippen LogP contribution in [0.15, 0.2) is 271 Å². The molecule has 0 atom stereocenters. The van der Waals surface area contributed by atoms with Crippen LogP contribution in [0.2, 0.25) is 0 Å². The quantitative estimate of drug-likeness (QED) is 0.171. The molecule has 0 N–H and O–H groups in total. The molecule has 11 aromatic rings. The van der Waals surface area contributed by atoms with Crippen LogP contribution in [0.5, 0.6) is 11.5 Å². The fraction of sp³-hybridized carbons (Fsp3) is 0.0294. The topological polar surface area (TPSA) is 12.5 Å². The maximum atomic E-state index is 6.77. The maximum absolute atomic E-state index is 6.77. The fourth-order valence-electron chi connectivity index (χ4n) is 12.8. The number of rotatable bonds is 5. The largest absolute Gasteiger partial charge is 0.457 e. The van der Waals surface area contributed by atoms with Crippen LogP contribution in [0, 0.1) is 0 Å². The van der Waals surface area contributed by atoms with E-state index in [1.807, 2.05) is 11.8 Å². The first-order valence-corrected chi connectivity index (χ1v) is 25.3. The van der Waals surface area contributed by atoms with Gasteiger partial charge in [-0.25, -0.2) is 0 Å². The summed E-state index contributed by atoms with van der Waals surface area (Å²) in [5, 5.41) is 0. The van der Waals surface area contributed by atoms with Gasteiger partial charge in [-0.05, 0) is 115 Å². The first-order chi connectivity index (χ1) is 35.2. The molecule has 0 amide bonds. The second-order valence-electron chi connectivity index (χ2n) is 19.0. The molecular weight excluding hydrogens is 879 g/mol. The van der Waals surface area contributed by atoms with Crippen LogP contribution in [0.3, 0.4) is 0 Å². The van der Waals surface area contributed by atoms with Crippen molar-refractivity contribution < 1.29 is 4.74 Å². The van der Waals surface area contributed by atoms with Gasteiger partial charge in [-0.3, -0.25) is 0 Å². The number of benzene rings is 11. The molecule has 0 saturated heterocycles. The summed E-state index contributed by atoms with van der Waals surface area (Å²) >= 11 is 1.88. The molecule has 0 aromatic heterocycles. The zero-order valence-electron chi connectivity index (χ0n) is 38.6. The molecule has 332 valence electrons. The van der Waals surface area contributed by atoms with Gasteiger partial charge in [0.1, 0.15) is 11.5 Å². The molecule has 0 unspecified atom stereocenters. The number of hydrogen-bond acceptors (Lipinski definition) is 3. The summed E-state index contributed by atoms with van der Waals surface area (Å²) in [4.78, 5) is 5.15. The Morgan fingerprint density at radius 3 is 1.45 bits per heavy atom. The zero-order chi connectivity index (χ0) is 46.7. The lowest BCUT2D eigenvalue weighted by Crippen LogP contribution is -2.32. The second kappa shape index (κ2) is 15.4. The number of nitrogens with zero attached hydrogens (tertiary/aromatic N) is 1. The van der Waals surface area contributed by atoms with E-state index in [1.54, 1.807) is 0 Å². The average Bonchev–Trinajstić information content (AvgIpc) is 3.90. The summed E-state index contributed by atoms with van der Waals surface area (Å²) in [5.41, 5.74) is 21.9. The van der Waals surface area contributed by atoms with Gasteiger partial charge in [0, 0.05) is 37.7 Å². The summed E-state index contributed by atoms with van der Waals surface area (Å²) in [5.74, 6) is 1.77. The molecule has 0 saturated carbocycles. The van der Waals surface area contributed by atoms with E-state index in [2.05, 4.69) is 266 Å². The van der Waals surface area contributed by atoms with Crippen molar-refractivity contribution in [3.63, 3.8) is 0 Å². The number of ether oxygens (including phenoxy) is 1. The van der Waals surface area contributed by atoms with Crippen molar-refractivity contribution in [3.05, 3.63) is 305 Å². The van der Waals surface area contributed by atoms with Crippen molar-refractivity contribution in [2.24, 2.45) is 0 Å². The summed E-state index contributed by atoms with van der Waals surface area (Å²) in [6.45, 7) is 0. The average molecular weight is 922 g/mol. The van der Waals surface area contributed by atoms with Gasteiger partial charge in [0.25, 0.3) is 0 Å². The van der Waals surface area contributed by atoms with E-state index < -0.39 is 10.8 Å². The molecule has 11 aromatic carbocycles. The van der Waals surface area contributed by atoms with Crippen LogP contribution in [0.4, 0.5) is 17.1 Å².